The number of ether oxygens (including phenoxy) is 4. The van der Waals surface area contributed by atoms with Crippen molar-refractivity contribution >= 4 is 23.6 Å². The van der Waals surface area contributed by atoms with Crippen LogP contribution in [0, 0.1) is 0 Å². The van der Waals surface area contributed by atoms with Crippen LogP contribution in [0.5, 0.6) is 23.0 Å². The van der Waals surface area contributed by atoms with Crippen molar-refractivity contribution in [1.29, 1.82) is 0 Å². The van der Waals surface area contributed by atoms with Crippen molar-refractivity contribution in [3.63, 3.8) is 0 Å². The Bertz CT molecular complexity index is 1030. The summed E-state index contributed by atoms with van der Waals surface area (Å²) in [5, 5.41) is 2.73. The Morgan fingerprint density at radius 2 is 1.74 bits per heavy atom. The Kier molecular flexibility index (Phi) is 5.86. The second kappa shape index (κ2) is 8.58. The number of benzene rings is 2. The van der Waals surface area contributed by atoms with Gasteiger partial charge in [0.05, 0.1) is 34.0 Å². The summed E-state index contributed by atoms with van der Waals surface area (Å²) in [6, 6.07) is 8.57. The molecule has 1 fully saturated rings. The molecule has 2 aliphatic rings. The van der Waals surface area contributed by atoms with E-state index in [1.54, 1.807) is 43.0 Å². The molecule has 2 heterocycles. The van der Waals surface area contributed by atoms with Gasteiger partial charge in [-0.3, -0.25) is 9.59 Å². The molecule has 2 amide bonds. The van der Waals surface area contributed by atoms with Gasteiger partial charge in [-0.05, 0) is 23.8 Å². The molecule has 8 nitrogen and oxygen atoms in total. The molecule has 0 bridgehead atoms. The van der Waals surface area contributed by atoms with Gasteiger partial charge in [0, 0.05) is 17.9 Å². The van der Waals surface area contributed by atoms with Crippen molar-refractivity contribution in [1.82, 2.24) is 10.2 Å². The van der Waals surface area contributed by atoms with Crippen molar-refractivity contribution in [2.75, 3.05) is 34.2 Å². The summed E-state index contributed by atoms with van der Waals surface area (Å²) in [5.41, 5.74) is 2.19. The molecule has 0 saturated carbocycles. The molecule has 164 valence electrons. The number of amides is 2. The van der Waals surface area contributed by atoms with Crippen LogP contribution in [0.4, 0.5) is 0 Å². The average molecular weight is 445 g/mol. The Labute approximate surface area is 184 Å². The molecule has 2 atom stereocenters. The van der Waals surface area contributed by atoms with Crippen LogP contribution in [0.15, 0.2) is 30.3 Å². The van der Waals surface area contributed by atoms with E-state index in [1.807, 2.05) is 18.2 Å². The number of hydrogen-bond donors (Lipinski definition) is 1. The fourth-order valence-electron chi connectivity index (χ4n) is 3.99. The second-order valence-electron chi connectivity index (χ2n) is 7.09. The normalized spacial score (nSPS) is 19.0. The fourth-order valence-corrected chi connectivity index (χ4v) is 5.45. The van der Waals surface area contributed by atoms with Gasteiger partial charge < -0.3 is 29.2 Å². The molecule has 0 aromatic heterocycles. The molecule has 9 heteroatoms. The summed E-state index contributed by atoms with van der Waals surface area (Å²) >= 11 is 1.57. The zero-order chi connectivity index (χ0) is 22.1. The van der Waals surface area contributed by atoms with E-state index in [-0.39, 0.29) is 17.2 Å². The Morgan fingerprint density at radius 1 is 1.03 bits per heavy atom. The van der Waals surface area contributed by atoms with E-state index in [0.717, 1.165) is 11.1 Å². The standard InChI is InChI=1S/C22H24N2O6S/c1-27-15-7-5-12(9-17(15)29-3)10-23-20(25)14-11-31-22-13-6-8-16(28-2)19(30-4)18(13)21(26)24(14)22/h5-9,14,22H,10-11H2,1-4H3,(H,23,25)/t14-,22-/m0/s1. The number of carbonyl (C=O) groups excluding carboxylic acids is 2. The molecule has 4 rings (SSSR count). The smallest absolute Gasteiger partial charge is 0.260 e. The highest BCUT2D eigenvalue weighted by atomic mass is 32.2. The van der Waals surface area contributed by atoms with Crippen LogP contribution < -0.4 is 24.3 Å². The first-order chi connectivity index (χ1) is 15.0. The van der Waals surface area contributed by atoms with Gasteiger partial charge in [0.15, 0.2) is 23.0 Å². The number of nitrogens with one attached hydrogen (secondary N) is 1. The molecular weight excluding hydrogens is 420 g/mol. The van der Waals surface area contributed by atoms with Crippen LogP contribution in [-0.4, -0.2) is 56.9 Å². The quantitative estimate of drug-likeness (QED) is 0.703. The average Bonchev–Trinajstić information content (AvgIpc) is 3.36. The van der Waals surface area contributed by atoms with Gasteiger partial charge >= 0.3 is 0 Å². The van der Waals surface area contributed by atoms with Gasteiger partial charge in [0.1, 0.15) is 11.4 Å². The van der Waals surface area contributed by atoms with Crippen molar-refractivity contribution in [3.8, 4) is 23.0 Å². The third-order valence-corrected chi connectivity index (χ3v) is 6.81. The molecular formula is C22H24N2O6S. The van der Waals surface area contributed by atoms with Gasteiger partial charge in [0.2, 0.25) is 5.91 Å². The molecule has 2 aliphatic heterocycles. The fraction of sp³-hybridized carbons (Fsp3) is 0.364. The van der Waals surface area contributed by atoms with Gasteiger partial charge in [-0.25, -0.2) is 0 Å². The summed E-state index contributed by atoms with van der Waals surface area (Å²) in [6.45, 7) is 0.317. The molecule has 0 radical (unpaired) electrons. The van der Waals surface area contributed by atoms with E-state index in [4.69, 9.17) is 18.9 Å². The highest BCUT2D eigenvalue weighted by Crippen LogP contribution is 2.52. The summed E-state index contributed by atoms with van der Waals surface area (Å²) in [5.74, 6) is 2.24. The third kappa shape index (κ3) is 3.52. The third-order valence-electron chi connectivity index (χ3n) is 5.51. The number of fused-ring (bicyclic) bond motifs is 3. The first-order valence-electron chi connectivity index (χ1n) is 9.71. The molecule has 1 saturated heterocycles. The van der Waals surface area contributed by atoms with Crippen molar-refractivity contribution < 1.29 is 28.5 Å². The molecule has 31 heavy (non-hydrogen) atoms. The maximum Gasteiger partial charge on any atom is 0.260 e. The lowest BCUT2D eigenvalue weighted by atomic mass is 10.1. The highest BCUT2D eigenvalue weighted by molar-refractivity contribution is 7.99. The largest absolute Gasteiger partial charge is 0.493 e. The Balaban J connectivity index is 1.51. The molecule has 0 unspecified atom stereocenters. The van der Waals surface area contributed by atoms with E-state index in [9.17, 15) is 9.59 Å². The summed E-state index contributed by atoms with van der Waals surface area (Å²) in [4.78, 5) is 27.9. The minimum atomic E-state index is -0.564. The number of hydrogen-bond acceptors (Lipinski definition) is 7. The van der Waals surface area contributed by atoms with Gasteiger partial charge in [-0.1, -0.05) is 12.1 Å². The lowest BCUT2D eigenvalue weighted by molar-refractivity contribution is -0.124. The maximum atomic E-state index is 13.2. The van der Waals surface area contributed by atoms with E-state index in [0.29, 0.717) is 40.9 Å². The number of methoxy groups -OCH3 is 4. The molecule has 0 aliphatic carbocycles. The topological polar surface area (TPSA) is 86.3 Å². The minimum absolute atomic E-state index is 0.197. The number of rotatable bonds is 7. The monoisotopic (exact) mass is 444 g/mol. The van der Waals surface area contributed by atoms with E-state index in [1.165, 1.54) is 14.2 Å². The number of carbonyl (C=O) groups is 2. The van der Waals surface area contributed by atoms with Gasteiger partial charge in [-0.2, -0.15) is 0 Å². The summed E-state index contributed by atoms with van der Waals surface area (Å²) in [6.07, 6.45) is 0. The van der Waals surface area contributed by atoms with Gasteiger partial charge in [-0.15, -0.1) is 11.8 Å². The minimum Gasteiger partial charge on any atom is -0.493 e. The molecule has 2 aromatic rings. The van der Waals surface area contributed by atoms with Crippen LogP contribution in [0.1, 0.15) is 26.9 Å². The summed E-state index contributed by atoms with van der Waals surface area (Å²) in [7, 11) is 6.18. The number of thioether (sulfide) groups is 1. The predicted molar refractivity (Wildman–Crippen MR) is 116 cm³/mol. The summed E-state index contributed by atoms with van der Waals surface area (Å²) < 4.78 is 21.3. The van der Waals surface area contributed by atoms with Crippen LogP contribution >= 0.6 is 11.8 Å². The Hall–Kier alpha value is -3.07. The zero-order valence-electron chi connectivity index (χ0n) is 17.8. The van der Waals surface area contributed by atoms with Crippen LogP contribution in [-0.2, 0) is 11.3 Å². The SMILES string of the molecule is COc1ccc(CNC(=O)[C@@H]2CS[C@H]3c4ccc(OC)c(OC)c4C(=O)N23)cc1OC. The van der Waals surface area contributed by atoms with Gasteiger partial charge in [0.25, 0.3) is 5.91 Å². The maximum absolute atomic E-state index is 13.2. The Morgan fingerprint density at radius 3 is 2.42 bits per heavy atom. The van der Waals surface area contributed by atoms with Crippen LogP contribution in [0.2, 0.25) is 0 Å². The molecule has 1 N–H and O–H groups in total. The predicted octanol–water partition coefficient (Wildman–Crippen LogP) is 2.61. The van der Waals surface area contributed by atoms with Crippen LogP contribution in [0.25, 0.3) is 0 Å². The van der Waals surface area contributed by atoms with Crippen molar-refractivity contribution in [2.24, 2.45) is 0 Å². The lowest BCUT2D eigenvalue weighted by Crippen LogP contribution is -2.45. The van der Waals surface area contributed by atoms with Crippen molar-refractivity contribution in [2.45, 2.75) is 18.0 Å². The molecule has 0 spiro atoms. The van der Waals surface area contributed by atoms with E-state index in [2.05, 4.69) is 5.32 Å². The first kappa shape index (κ1) is 21.2. The lowest BCUT2D eigenvalue weighted by Gasteiger charge is -2.22. The highest BCUT2D eigenvalue weighted by Gasteiger charge is 2.50. The van der Waals surface area contributed by atoms with Crippen LogP contribution in [0.3, 0.4) is 0 Å². The molecule has 2 aromatic carbocycles. The number of nitrogens with zero attached hydrogens (tertiary/aromatic N) is 1. The first-order valence-corrected chi connectivity index (χ1v) is 10.8. The second-order valence-corrected chi connectivity index (χ2v) is 8.20. The van der Waals surface area contributed by atoms with E-state index >= 15 is 0 Å². The zero-order valence-corrected chi connectivity index (χ0v) is 18.6. The van der Waals surface area contributed by atoms with Crippen molar-refractivity contribution in [3.05, 3.63) is 47.0 Å². The van der Waals surface area contributed by atoms with E-state index < -0.39 is 6.04 Å².